The fourth-order valence-electron chi connectivity index (χ4n) is 2.11. The van der Waals surface area contributed by atoms with Gasteiger partial charge < -0.3 is 9.73 Å². The Morgan fingerprint density at radius 2 is 2.00 bits per heavy atom. The van der Waals surface area contributed by atoms with E-state index in [9.17, 15) is 0 Å². The fraction of sp³-hybridized carbons (Fsp3) is 0.400. The molecule has 106 valence electrons. The topological polar surface area (TPSA) is 38.1 Å². The Kier molecular flexibility index (Phi) is 4.29. The van der Waals surface area contributed by atoms with Crippen molar-refractivity contribution in [2.45, 2.75) is 31.7 Å². The predicted molar refractivity (Wildman–Crippen MR) is 81.3 cm³/mol. The molecule has 1 aliphatic rings. The minimum atomic E-state index is 0.579. The zero-order chi connectivity index (χ0) is 13.9. The molecule has 1 saturated carbocycles. The van der Waals surface area contributed by atoms with Crippen molar-refractivity contribution in [2.75, 3.05) is 6.54 Å². The molecule has 1 aromatic heterocycles. The Balaban J connectivity index is 1.63. The van der Waals surface area contributed by atoms with Crippen LogP contribution in [0, 0.1) is 0 Å². The highest BCUT2D eigenvalue weighted by atomic mass is 35.5. The number of hydrogen-bond donors (Lipinski definition) is 1. The molecule has 1 aromatic carbocycles. The number of aryl methyl sites for hydroxylation is 1. The first-order valence-corrected chi connectivity index (χ1v) is 7.62. The van der Waals surface area contributed by atoms with Gasteiger partial charge in [0.2, 0.25) is 0 Å². The summed E-state index contributed by atoms with van der Waals surface area (Å²) in [5.74, 6) is 1.36. The maximum Gasteiger partial charge on any atom is 0.194 e. The van der Waals surface area contributed by atoms with Gasteiger partial charge in [0.15, 0.2) is 11.7 Å². The number of oxazole rings is 1. The van der Waals surface area contributed by atoms with Gasteiger partial charge in [0.25, 0.3) is 0 Å². The van der Waals surface area contributed by atoms with Crippen LogP contribution in [-0.4, -0.2) is 17.6 Å². The molecule has 0 saturated heterocycles. The highest BCUT2D eigenvalue weighted by molar-refractivity contribution is 6.39. The fourth-order valence-corrected chi connectivity index (χ4v) is 2.69. The summed E-state index contributed by atoms with van der Waals surface area (Å²) in [5, 5.41) is 4.63. The summed E-state index contributed by atoms with van der Waals surface area (Å²) in [4.78, 5) is 4.30. The summed E-state index contributed by atoms with van der Waals surface area (Å²) < 4.78 is 5.75. The van der Waals surface area contributed by atoms with E-state index in [0.717, 1.165) is 31.3 Å². The Bertz CT molecular complexity index is 573. The first-order chi connectivity index (χ1) is 9.74. The quantitative estimate of drug-likeness (QED) is 0.807. The molecule has 0 amide bonds. The van der Waals surface area contributed by atoms with Crippen molar-refractivity contribution in [3.63, 3.8) is 0 Å². The van der Waals surface area contributed by atoms with Crippen LogP contribution < -0.4 is 5.32 Å². The summed E-state index contributed by atoms with van der Waals surface area (Å²) in [7, 11) is 0. The summed E-state index contributed by atoms with van der Waals surface area (Å²) in [6.45, 7) is 1.01. The molecular weight excluding hydrogens is 295 g/mol. The standard InChI is InChI=1S/C15H16Cl2N2O/c16-11-3-1-4-12(17)15(11)13-9-19-14(20-13)5-2-8-18-10-6-7-10/h1,3-4,9-10,18H,2,5-8H2. The van der Waals surface area contributed by atoms with E-state index in [4.69, 9.17) is 27.6 Å². The molecule has 0 bridgehead atoms. The molecule has 0 spiro atoms. The normalized spacial score (nSPS) is 14.7. The molecule has 3 nitrogen and oxygen atoms in total. The van der Waals surface area contributed by atoms with Gasteiger partial charge in [-0.25, -0.2) is 4.98 Å². The predicted octanol–water partition coefficient (Wildman–Crippen LogP) is 4.33. The minimum absolute atomic E-state index is 0.579. The van der Waals surface area contributed by atoms with Gasteiger partial charge in [0.1, 0.15) is 0 Å². The van der Waals surface area contributed by atoms with Crippen molar-refractivity contribution >= 4 is 23.2 Å². The van der Waals surface area contributed by atoms with Crippen molar-refractivity contribution in [3.8, 4) is 11.3 Å². The molecule has 0 unspecified atom stereocenters. The number of aromatic nitrogens is 1. The van der Waals surface area contributed by atoms with Crippen molar-refractivity contribution in [3.05, 3.63) is 40.3 Å². The van der Waals surface area contributed by atoms with Crippen LogP contribution in [0.15, 0.2) is 28.8 Å². The number of nitrogens with one attached hydrogen (secondary N) is 1. The molecule has 0 radical (unpaired) electrons. The second kappa shape index (κ2) is 6.17. The van der Waals surface area contributed by atoms with Gasteiger partial charge in [-0.05, 0) is 37.9 Å². The van der Waals surface area contributed by atoms with Crippen molar-refractivity contribution in [1.29, 1.82) is 0 Å². The van der Waals surface area contributed by atoms with E-state index in [2.05, 4.69) is 10.3 Å². The van der Waals surface area contributed by atoms with Crippen LogP contribution >= 0.6 is 23.2 Å². The largest absolute Gasteiger partial charge is 0.441 e. The highest BCUT2D eigenvalue weighted by Gasteiger charge is 2.19. The number of halogens is 2. The Hall–Kier alpha value is -1.03. The average Bonchev–Trinajstić information content (AvgIpc) is 3.13. The zero-order valence-corrected chi connectivity index (χ0v) is 12.5. The number of benzene rings is 1. The van der Waals surface area contributed by atoms with Crippen LogP contribution in [0.1, 0.15) is 25.2 Å². The van der Waals surface area contributed by atoms with Crippen LogP contribution in [0.25, 0.3) is 11.3 Å². The van der Waals surface area contributed by atoms with E-state index in [1.165, 1.54) is 12.8 Å². The second-order valence-corrected chi connectivity index (χ2v) is 5.86. The molecule has 3 rings (SSSR count). The smallest absolute Gasteiger partial charge is 0.194 e. The molecule has 1 N–H and O–H groups in total. The molecule has 0 atom stereocenters. The molecule has 2 aromatic rings. The molecule has 1 fully saturated rings. The Morgan fingerprint density at radius 1 is 1.25 bits per heavy atom. The van der Waals surface area contributed by atoms with Crippen LogP contribution in [0.2, 0.25) is 10.0 Å². The first-order valence-electron chi connectivity index (χ1n) is 6.86. The highest BCUT2D eigenvalue weighted by Crippen LogP contribution is 2.34. The molecule has 1 heterocycles. The van der Waals surface area contributed by atoms with Gasteiger partial charge in [-0.2, -0.15) is 0 Å². The van der Waals surface area contributed by atoms with Gasteiger partial charge in [0.05, 0.1) is 21.8 Å². The lowest BCUT2D eigenvalue weighted by Gasteiger charge is -2.02. The van der Waals surface area contributed by atoms with Crippen LogP contribution in [-0.2, 0) is 6.42 Å². The van der Waals surface area contributed by atoms with Crippen molar-refractivity contribution in [1.82, 2.24) is 10.3 Å². The lowest BCUT2D eigenvalue weighted by atomic mass is 10.2. The summed E-state index contributed by atoms with van der Waals surface area (Å²) in [6, 6.07) is 6.15. The van der Waals surface area contributed by atoms with Crippen LogP contribution in [0.3, 0.4) is 0 Å². The monoisotopic (exact) mass is 310 g/mol. The third-order valence-electron chi connectivity index (χ3n) is 3.34. The minimum Gasteiger partial charge on any atom is -0.441 e. The SMILES string of the molecule is Clc1cccc(Cl)c1-c1cnc(CCCNC2CC2)o1. The lowest BCUT2D eigenvalue weighted by molar-refractivity contribution is 0.491. The van der Waals surface area contributed by atoms with Gasteiger partial charge in [-0.1, -0.05) is 29.3 Å². The van der Waals surface area contributed by atoms with Crippen molar-refractivity contribution < 1.29 is 4.42 Å². The maximum atomic E-state index is 6.16. The van der Waals surface area contributed by atoms with Crippen LogP contribution in [0.4, 0.5) is 0 Å². The second-order valence-electron chi connectivity index (χ2n) is 5.05. The summed E-state index contributed by atoms with van der Waals surface area (Å²) in [5.41, 5.74) is 0.714. The molecule has 5 heteroatoms. The van der Waals surface area contributed by atoms with Gasteiger partial charge in [-0.15, -0.1) is 0 Å². The van der Waals surface area contributed by atoms with E-state index in [1.54, 1.807) is 18.3 Å². The maximum absolute atomic E-state index is 6.16. The number of hydrogen-bond acceptors (Lipinski definition) is 3. The molecule has 1 aliphatic carbocycles. The van der Waals surface area contributed by atoms with Crippen molar-refractivity contribution in [2.24, 2.45) is 0 Å². The van der Waals surface area contributed by atoms with Gasteiger partial charge in [-0.3, -0.25) is 0 Å². The average molecular weight is 311 g/mol. The lowest BCUT2D eigenvalue weighted by Crippen LogP contribution is -2.17. The Morgan fingerprint density at radius 3 is 2.70 bits per heavy atom. The van der Waals surface area contributed by atoms with E-state index in [0.29, 0.717) is 21.4 Å². The molecule has 0 aliphatic heterocycles. The van der Waals surface area contributed by atoms with E-state index >= 15 is 0 Å². The van der Waals surface area contributed by atoms with E-state index in [-0.39, 0.29) is 0 Å². The molecule has 20 heavy (non-hydrogen) atoms. The van der Waals surface area contributed by atoms with E-state index in [1.807, 2.05) is 6.07 Å². The zero-order valence-electron chi connectivity index (χ0n) is 11.0. The van der Waals surface area contributed by atoms with E-state index < -0.39 is 0 Å². The molecular formula is C15H16Cl2N2O. The van der Waals surface area contributed by atoms with Crippen LogP contribution in [0.5, 0.6) is 0 Å². The number of nitrogens with zero attached hydrogens (tertiary/aromatic N) is 1. The summed E-state index contributed by atoms with van der Waals surface area (Å²) in [6.07, 6.45) is 6.16. The third kappa shape index (κ3) is 3.35. The first kappa shape index (κ1) is 13.9. The van der Waals surface area contributed by atoms with Gasteiger partial charge in [0, 0.05) is 12.5 Å². The van der Waals surface area contributed by atoms with Gasteiger partial charge >= 0.3 is 0 Å². The summed E-state index contributed by atoms with van der Waals surface area (Å²) >= 11 is 12.3. The Labute approximate surface area is 128 Å². The third-order valence-corrected chi connectivity index (χ3v) is 3.97. The number of rotatable bonds is 6.